The average Bonchev–Trinajstić information content (AvgIpc) is 2.68. The Labute approximate surface area is 104 Å². The lowest BCUT2D eigenvalue weighted by molar-refractivity contribution is 0.0945. The van der Waals surface area contributed by atoms with E-state index in [1.807, 2.05) is 6.92 Å². The van der Waals surface area contributed by atoms with Crippen LogP contribution >= 0.6 is 0 Å². The zero-order valence-electron chi connectivity index (χ0n) is 10.2. The molecule has 0 saturated carbocycles. The van der Waals surface area contributed by atoms with Gasteiger partial charge in [-0.1, -0.05) is 0 Å². The minimum absolute atomic E-state index is 0.281. The van der Waals surface area contributed by atoms with E-state index in [4.69, 9.17) is 5.73 Å². The summed E-state index contributed by atoms with van der Waals surface area (Å²) >= 11 is 0. The standard InChI is InChI=1S/C11H14N6O/c1-7-3-14-9(6-13-7)11(18)15-4-8-5-16-17(2)10(8)12/h3,5-6H,4,12H2,1-2H3,(H,15,18). The predicted octanol–water partition coefficient (Wildman–Crippen LogP) is 0.0307. The molecule has 7 heteroatoms. The minimum Gasteiger partial charge on any atom is -0.384 e. The van der Waals surface area contributed by atoms with Crippen molar-refractivity contribution in [2.45, 2.75) is 13.5 Å². The van der Waals surface area contributed by atoms with Crippen LogP contribution in [0, 0.1) is 6.92 Å². The van der Waals surface area contributed by atoms with E-state index in [9.17, 15) is 4.79 Å². The second-order valence-electron chi connectivity index (χ2n) is 3.90. The largest absolute Gasteiger partial charge is 0.384 e. The van der Waals surface area contributed by atoms with Crippen LogP contribution in [0.15, 0.2) is 18.6 Å². The van der Waals surface area contributed by atoms with Crippen molar-refractivity contribution >= 4 is 11.7 Å². The number of nitrogens with zero attached hydrogens (tertiary/aromatic N) is 4. The Morgan fingerprint density at radius 1 is 1.39 bits per heavy atom. The van der Waals surface area contributed by atoms with Crippen molar-refractivity contribution in [3.63, 3.8) is 0 Å². The fourth-order valence-electron chi connectivity index (χ4n) is 1.40. The molecule has 0 aliphatic rings. The topological polar surface area (TPSA) is 98.7 Å². The van der Waals surface area contributed by atoms with Crippen LogP contribution < -0.4 is 11.1 Å². The molecule has 2 heterocycles. The normalized spacial score (nSPS) is 10.3. The first-order valence-electron chi connectivity index (χ1n) is 5.41. The molecule has 0 bridgehead atoms. The van der Waals surface area contributed by atoms with Crippen molar-refractivity contribution in [1.29, 1.82) is 0 Å². The third-order valence-electron chi connectivity index (χ3n) is 2.52. The van der Waals surface area contributed by atoms with Crippen LogP contribution in [0.4, 0.5) is 5.82 Å². The number of hydrogen-bond acceptors (Lipinski definition) is 5. The van der Waals surface area contributed by atoms with Crippen molar-refractivity contribution in [2.75, 3.05) is 5.73 Å². The number of carbonyl (C=O) groups excluding carboxylic acids is 1. The maximum absolute atomic E-state index is 11.8. The highest BCUT2D eigenvalue weighted by Crippen LogP contribution is 2.08. The first-order valence-corrected chi connectivity index (χ1v) is 5.41. The van der Waals surface area contributed by atoms with Gasteiger partial charge in [-0.2, -0.15) is 5.10 Å². The Morgan fingerprint density at radius 3 is 2.72 bits per heavy atom. The molecule has 2 rings (SSSR count). The molecule has 0 fully saturated rings. The smallest absolute Gasteiger partial charge is 0.271 e. The Hall–Kier alpha value is -2.44. The molecular formula is C11H14N6O. The highest BCUT2D eigenvalue weighted by Gasteiger charge is 2.09. The van der Waals surface area contributed by atoms with Crippen LogP contribution in [-0.4, -0.2) is 25.7 Å². The summed E-state index contributed by atoms with van der Waals surface area (Å²) in [6.45, 7) is 2.12. The maximum atomic E-state index is 11.8. The number of amides is 1. The van der Waals surface area contributed by atoms with Gasteiger partial charge in [0.15, 0.2) is 0 Å². The van der Waals surface area contributed by atoms with Crippen molar-refractivity contribution in [1.82, 2.24) is 25.1 Å². The highest BCUT2D eigenvalue weighted by atomic mass is 16.1. The minimum atomic E-state index is -0.286. The van der Waals surface area contributed by atoms with Gasteiger partial charge in [0.25, 0.3) is 5.91 Å². The summed E-state index contributed by atoms with van der Waals surface area (Å²) in [5, 5.41) is 6.70. The first kappa shape index (κ1) is 12.0. The number of nitrogens with two attached hydrogens (primary N) is 1. The van der Waals surface area contributed by atoms with Gasteiger partial charge in [-0.3, -0.25) is 14.5 Å². The fourth-order valence-corrected chi connectivity index (χ4v) is 1.40. The maximum Gasteiger partial charge on any atom is 0.271 e. The summed E-state index contributed by atoms with van der Waals surface area (Å²) in [5.74, 6) is 0.246. The molecular weight excluding hydrogens is 232 g/mol. The van der Waals surface area contributed by atoms with E-state index in [1.165, 1.54) is 6.20 Å². The van der Waals surface area contributed by atoms with Gasteiger partial charge in [-0.25, -0.2) is 4.98 Å². The van der Waals surface area contributed by atoms with Gasteiger partial charge in [-0.05, 0) is 6.92 Å². The quantitative estimate of drug-likeness (QED) is 0.796. The molecule has 0 aromatic carbocycles. The molecule has 2 aromatic rings. The summed E-state index contributed by atoms with van der Waals surface area (Å²) in [6.07, 6.45) is 4.61. The number of anilines is 1. The molecule has 3 N–H and O–H groups in total. The predicted molar refractivity (Wildman–Crippen MR) is 65.6 cm³/mol. The molecule has 7 nitrogen and oxygen atoms in total. The summed E-state index contributed by atoms with van der Waals surface area (Å²) < 4.78 is 1.55. The van der Waals surface area contributed by atoms with Crippen LogP contribution in [0.1, 0.15) is 21.7 Å². The SMILES string of the molecule is Cc1cnc(C(=O)NCc2cnn(C)c2N)cn1. The third-order valence-corrected chi connectivity index (χ3v) is 2.52. The second kappa shape index (κ2) is 4.82. The van der Waals surface area contributed by atoms with E-state index < -0.39 is 0 Å². The van der Waals surface area contributed by atoms with E-state index in [1.54, 1.807) is 24.1 Å². The lowest BCUT2D eigenvalue weighted by Crippen LogP contribution is -2.24. The van der Waals surface area contributed by atoms with Gasteiger partial charge in [0.1, 0.15) is 11.5 Å². The van der Waals surface area contributed by atoms with Crippen molar-refractivity contribution < 1.29 is 4.79 Å². The lowest BCUT2D eigenvalue weighted by Gasteiger charge is -2.04. The van der Waals surface area contributed by atoms with E-state index in [2.05, 4.69) is 20.4 Å². The van der Waals surface area contributed by atoms with E-state index in [0.29, 0.717) is 12.4 Å². The molecule has 0 spiro atoms. The Morgan fingerprint density at radius 2 is 2.17 bits per heavy atom. The van der Waals surface area contributed by atoms with Gasteiger partial charge >= 0.3 is 0 Å². The van der Waals surface area contributed by atoms with Crippen LogP contribution in [0.25, 0.3) is 0 Å². The van der Waals surface area contributed by atoms with Crippen LogP contribution in [0.5, 0.6) is 0 Å². The van der Waals surface area contributed by atoms with E-state index in [0.717, 1.165) is 11.3 Å². The summed E-state index contributed by atoms with van der Waals surface area (Å²) in [4.78, 5) is 19.8. The molecule has 94 valence electrons. The zero-order valence-corrected chi connectivity index (χ0v) is 10.2. The molecule has 0 aliphatic carbocycles. The molecule has 0 unspecified atom stereocenters. The summed E-state index contributed by atoms with van der Waals surface area (Å²) in [6, 6.07) is 0. The van der Waals surface area contributed by atoms with E-state index in [-0.39, 0.29) is 11.6 Å². The summed E-state index contributed by atoms with van der Waals surface area (Å²) in [7, 11) is 1.74. The molecule has 0 radical (unpaired) electrons. The number of nitrogen functional groups attached to an aromatic ring is 1. The van der Waals surface area contributed by atoms with Crippen LogP contribution in [0.2, 0.25) is 0 Å². The number of carbonyl (C=O) groups is 1. The molecule has 0 saturated heterocycles. The van der Waals surface area contributed by atoms with Gasteiger partial charge in [0.2, 0.25) is 0 Å². The third kappa shape index (κ3) is 2.45. The average molecular weight is 246 g/mol. The second-order valence-corrected chi connectivity index (χ2v) is 3.90. The van der Waals surface area contributed by atoms with Crippen LogP contribution in [0.3, 0.4) is 0 Å². The monoisotopic (exact) mass is 246 g/mol. The molecule has 0 atom stereocenters. The number of hydrogen-bond donors (Lipinski definition) is 2. The number of aromatic nitrogens is 4. The summed E-state index contributed by atoms with van der Waals surface area (Å²) in [5.41, 5.74) is 7.59. The molecule has 18 heavy (non-hydrogen) atoms. The highest BCUT2D eigenvalue weighted by molar-refractivity contribution is 5.91. The van der Waals surface area contributed by atoms with Gasteiger partial charge < -0.3 is 11.1 Å². The first-order chi connectivity index (χ1) is 8.58. The number of rotatable bonds is 3. The molecule has 1 amide bonds. The van der Waals surface area contributed by atoms with Crippen molar-refractivity contribution in [2.24, 2.45) is 7.05 Å². The Bertz CT molecular complexity index is 559. The van der Waals surface area contributed by atoms with Crippen LogP contribution in [-0.2, 0) is 13.6 Å². The van der Waals surface area contributed by atoms with Crippen molar-refractivity contribution in [3.8, 4) is 0 Å². The molecule has 2 aromatic heterocycles. The van der Waals surface area contributed by atoms with Gasteiger partial charge in [0, 0.05) is 25.4 Å². The fraction of sp³-hybridized carbons (Fsp3) is 0.273. The van der Waals surface area contributed by atoms with E-state index >= 15 is 0 Å². The van der Waals surface area contributed by atoms with Crippen molar-refractivity contribution in [3.05, 3.63) is 35.5 Å². The molecule has 0 aliphatic heterocycles. The number of nitrogens with one attached hydrogen (secondary N) is 1. The lowest BCUT2D eigenvalue weighted by atomic mass is 10.3. The van der Waals surface area contributed by atoms with Gasteiger partial charge in [0.05, 0.1) is 18.1 Å². The zero-order chi connectivity index (χ0) is 13.1. The Balaban J connectivity index is 2.00. The number of aryl methyl sites for hydroxylation is 2. The van der Waals surface area contributed by atoms with Gasteiger partial charge in [-0.15, -0.1) is 0 Å². The Kier molecular flexibility index (Phi) is 3.22.